The van der Waals surface area contributed by atoms with E-state index in [0.717, 1.165) is 10.0 Å². The van der Waals surface area contributed by atoms with E-state index in [0.29, 0.717) is 34.4 Å². The monoisotopic (exact) mass is 423 g/mol. The lowest BCUT2D eigenvalue weighted by molar-refractivity contribution is 0.102. The zero-order valence-electron chi connectivity index (χ0n) is 14.3. The molecule has 0 saturated carbocycles. The van der Waals surface area contributed by atoms with E-state index >= 15 is 0 Å². The van der Waals surface area contributed by atoms with Crippen LogP contribution in [0.1, 0.15) is 15.9 Å². The Morgan fingerprint density at radius 3 is 2.70 bits per heavy atom. The molecule has 134 valence electrons. The molecule has 4 aromatic rings. The maximum Gasteiger partial charge on any atom is 0.283 e. The third-order valence-electron chi connectivity index (χ3n) is 3.97. The number of rotatable bonds is 4. The fraction of sp³-hybridized carbons (Fsp3) is 0.0500. The Morgan fingerprint density at radius 1 is 1.04 bits per heavy atom. The van der Waals surface area contributed by atoms with Crippen molar-refractivity contribution >= 4 is 27.5 Å². The number of aryl methyl sites for hydroxylation is 1. The number of nitrogens with zero attached hydrogens (tertiary/aromatic N) is 2. The van der Waals surface area contributed by atoms with Gasteiger partial charge in [-0.3, -0.25) is 4.79 Å². The number of furan rings is 1. The van der Waals surface area contributed by atoms with E-state index in [2.05, 4.69) is 31.4 Å². The Kier molecular flexibility index (Phi) is 4.60. The normalized spacial score (nSPS) is 10.7. The van der Waals surface area contributed by atoms with Crippen molar-refractivity contribution in [2.24, 2.45) is 0 Å². The van der Waals surface area contributed by atoms with Crippen LogP contribution in [0.25, 0.3) is 23.1 Å². The summed E-state index contributed by atoms with van der Waals surface area (Å²) in [6, 6.07) is 16.3. The SMILES string of the molecule is Cc1ccc(Br)cc1C(=O)Nc1cccc(-c2nnc(-c3ccco3)o2)c1. The molecule has 0 radical (unpaired) electrons. The van der Waals surface area contributed by atoms with E-state index < -0.39 is 0 Å². The molecule has 1 amide bonds. The first-order valence-electron chi connectivity index (χ1n) is 8.15. The smallest absolute Gasteiger partial charge is 0.283 e. The van der Waals surface area contributed by atoms with Gasteiger partial charge in [-0.15, -0.1) is 10.2 Å². The van der Waals surface area contributed by atoms with Gasteiger partial charge in [-0.05, 0) is 55.0 Å². The fourth-order valence-electron chi connectivity index (χ4n) is 2.61. The van der Waals surface area contributed by atoms with Crippen LogP contribution in [0.15, 0.2) is 74.2 Å². The molecule has 7 heteroatoms. The molecular weight excluding hydrogens is 410 g/mol. The van der Waals surface area contributed by atoms with Gasteiger partial charge < -0.3 is 14.2 Å². The average molecular weight is 424 g/mol. The molecule has 0 saturated heterocycles. The number of amides is 1. The van der Waals surface area contributed by atoms with Crippen molar-refractivity contribution in [1.29, 1.82) is 0 Å². The first kappa shape index (κ1) is 17.2. The molecule has 1 N–H and O–H groups in total. The largest absolute Gasteiger partial charge is 0.459 e. The minimum absolute atomic E-state index is 0.187. The second kappa shape index (κ2) is 7.20. The molecule has 0 aliphatic carbocycles. The lowest BCUT2D eigenvalue weighted by Crippen LogP contribution is -2.13. The van der Waals surface area contributed by atoms with Gasteiger partial charge in [0.05, 0.1) is 6.26 Å². The lowest BCUT2D eigenvalue weighted by Gasteiger charge is -2.09. The zero-order chi connectivity index (χ0) is 18.8. The molecule has 27 heavy (non-hydrogen) atoms. The van der Waals surface area contributed by atoms with Crippen LogP contribution in [-0.4, -0.2) is 16.1 Å². The van der Waals surface area contributed by atoms with Crippen LogP contribution in [-0.2, 0) is 0 Å². The van der Waals surface area contributed by atoms with E-state index in [4.69, 9.17) is 8.83 Å². The molecule has 0 unspecified atom stereocenters. The second-order valence-electron chi connectivity index (χ2n) is 5.88. The number of carbonyl (C=O) groups excluding carboxylic acids is 1. The molecule has 2 aromatic carbocycles. The van der Waals surface area contributed by atoms with Gasteiger partial charge in [-0.2, -0.15) is 0 Å². The maximum atomic E-state index is 12.6. The Bertz CT molecular complexity index is 1100. The molecular formula is C20H14BrN3O3. The first-order valence-corrected chi connectivity index (χ1v) is 8.95. The number of hydrogen-bond acceptors (Lipinski definition) is 5. The summed E-state index contributed by atoms with van der Waals surface area (Å²) in [7, 11) is 0. The fourth-order valence-corrected chi connectivity index (χ4v) is 2.97. The third kappa shape index (κ3) is 3.68. The Labute approximate surface area is 163 Å². The third-order valence-corrected chi connectivity index (χ3v) is 4.46. The summed E-state index contributed by atoms with van der Waals surface area (Å²) in [5.41, 5.74) is 2.83. The minimum Gasteiger partial charge on any atom is -0.459 e. The van der Waals surface area contributed by atoms with E-state index in [-0.39, 0.29) is 5.91 Å². The number of benzene rings is 2. The van der Waals surface area contributed by atoms with Gasteiger partial charge >= 0.3 is 0 Å². The predicted molar refractivity (Wildman–Crippen MR) is 104 cm³/mol. The second-order valence-corrected chi connectivity index (χ2v) is 6.80. The molecule has 2 heterocycles. The molecule has 4 rings (SSSR count). The van der Waals surface area contributed by atoms with Crippen molar-refractivity contribution in [2.45, 2.75) is 6.92 Å². The van der Waals surface area contributed by atoms with E-state index in [1.54, 1.807) is 36.6 Å². The first-order chi connectivity index (χ1) is 13.1. The van der Waals surface area contributed by atoms with Crippen molar-refractivity contribution in [2.75, 3.05) is 5.32 Å². The van der Waals surface area contributed by atoms with Gasteiger partial charge in [0.1, 0.15) is 0 Å². The van der Waals surface area contributed by atoms with Gasteiger partial charge in [-0.25, -0.2) is 0 Å². The van der Waals surface area contributed by atoms with E-state index in [1.165, 1.54) is 0 Å². The summed E-state index contributed by atoms with van der Waals surface area (Å²) >= 11 is 3.40. The lowest BCUT2D eigenvalue weighted by atomic mass is 10.1. The summed E-state index contributed by atoms with van der Waals surface area (Å²) in [5, 5.41) is 10.9. The zero-order valence-corrected chi connectivity index (χ0v) is 15.9. The summed E-state index contributed by atoms with van der Waals surface area (Å²) in [6.07, 6.45) is 1.54. The molecule has 0 aliphatic rings. The summed E-state index contributed by atoms with van der Waals surface area (Å²) in [5.74, 6) is 0.960. The number of nitrogens with one attached hydrogen (secondary N) is 1. The van der Waals surface area contributed by atoms with Crippen molar-refractivity contribution in [3.63, 3.8) is 0 Å². The quantitative estimate of drug-likeness (QED) is 0.480. The molecule has 2 aromatic heterocycles. The Balaban J connectivity index is 1.58. The van der Waals surface area contributed by atoms with Gasteiger partial charge in [0.2, 0.25) is 5.89 Å². The van der Waals surface area contributed by atoms with E-state index in [1.807, 2.05) is 31.2 Å². The van der Waals surface area contributed by atoms with Crippen LogP contribution in [0.4, 0.5) is 5.69 Å². The molecule has 0 fully saturated rings. The number of aromatic nitrogens is 2. The Morgan fingerprint density at radius 2 is 1.89 bits per heavy atom. The average Bonchev–Trinajstić information content (AvgIpc) is 3.35. The summed E-state index contributed by atoms with van der Waals surface area (Å²) in [6.45, 7) is 1.90. The summed E-state index contributed by atoms with van der Waals surface area (Å²) < 4.78 is 11.8. The standard InChI is InChI=1S/C20H14BrN3O3/c1-12-7-8-14(21)11-16(12)18(25)22-15-5-2-4-13(10-15)19-23-24-20(27-19)17-6-3-9-26-17/h2-11H,1H3,(H,22,25). The van der Waals surface area contributed by atoms with Crippen LogP contribution in [0.2, 0.25) is 0 Å². The molecule has 0 atom stereocenters. The predicted octanol–water partition coefficient (Wildman–Crippen LogP) is 5.32. The van der Waals surface area contributed by atoms with Crippen molar-refractivity contribution in [1.82, 2.24) is 10.2 Å². The van der Waals surface area contributed by atoms with Crippen molar-refractivity contribution in [3.05, 3.63) is 76.5 Å². The van der Waals surface area contributed by atoms with Crippen LogP contribution in [0.3, 0.4) is 0 Å². The number of hydrogen-bond donors (Lipinski definition) is 1. The topological polar surface area (TPSA) is 81.2 Å². The molecule has 6 nitrogen and oxygen atoms in total. The number of halogens is 1. The van der Waals surface area contributed by atoms with Crippen molar-refractivity contribution in [3.8, 4) is 23.1 Å². The van der Waals surface area contributed by atoms with Gasteiger partial charge in [0.15, 0.2) is 5.76 Å². The maximum absolute atomic E-state index is 12.6. The molecule has 0 bridgehead atoms. The van der Waals surface area contributed by atoms with Crippen LogP contribution < -0.4 is 5.32 Å². The van der Waals surface area contributed by atoms with E-state index in [9.17, 15) is 4.79 Å². The number of carbonyl (C=O) groups is 1. The number of anilines is 1. The molecule has 0 aliphatic heterocycles. The highest BCUT2D eigenvalue weighted by molar-refractivity contribution is 9.10. The highest BCUT2D eigenvalue weighted by atomic mass is 79.9. The van der Waals surface area contributed by atoms with Crippen LogP contribution >= 0.6 is 15.9 Å². The van der Waals surface area contributed by atoms with Gasteiger partial charge in [-0.1, -0.05) is 28.1 Å². The van der Waals surface area contributed by atoms with Crippen molar-refractivity contribution < 1.29 is 13.6 Å². The summed E-state index contributed by atoms with van der Waals surface area (Å²) in [4.78, 5) is 12.6. The highest BCUT2D eigenvalue weighted by Gasteiger charge is 2.14. The van der Waals surface area contributed by atoms with Gasteiger partial charge in [0, 0.05) is 21.3 Å². The van der Waals surface area contributed by atoms with Crippen LogP contribution in [0, 0.1) is 6.92 Å². The van der Waals surface area contributed by atoms with Gasteiger partial charge in [0.25, 0.3) is 11.8 Å². The molecule has 0 spiro atoms. The highest BCUT2D eigenvalue weighted by Crippen LogP contribution is 2.26. The van der Waals surface area contributed by atoms with Crippen LogP contribution in [0.5, 0.6) is 0 Å². The Hall–Kier alpha value is -3.19. The minimum atomic E-state index is -0.187.